The molecule has 2 heterocycles. The smallest absolute Gasteiger partial charge is 0.359 e. The normalized spacial score (nSPS) is 23.7. The topological polar surface area (TPSA) is 64.1 Å². The average Bonchev–Trinajstić information content (AvgIpc) is 2.38. The number of carbonyl (C=O) groups excluding carboxylic acids is 1. The Morgan fingerprint density at radius 1 is 1.00 bits per heavy atom. The maximum absolute atomic E-state index is 12.4. The zero-order chi connectivity index (χ0) is 14.8. The van der Waals surface area contributed by atoms with Gasteiger partial charge in [-0.2, -0.15) is 0 Å². The molecule has 0 aliphatic carbocycles. The fourth-order valence-corrected chi connectivity index (χ4v) is 2.82. The van der Waals surface area contributed by atoms with E-state index in [1.54, 1.807) is 0 Å². The van der Waals surface area contributed by atoms with E-state index >= 15 is 0 Å². The van der Waals surface area contributed by atoms with E-state index in [0.717, 1.165) is 26.2 Å². The highest BCUT2D eigenvalue weighted by Gasteiger charge is 2.34. The molecule has 114 valence electrons. The van der Waals surface area contributed by atoms with Crippen molar-refractivity contribution in [3.05, 3.63) is 0 Å². The SMILES string of the molecule is CN1CCN(C(=O)N2CC[N+](C)(CC(=O)O)CC2)CC1. The number of carboxylic acids is 1. The maximum Gasteiger partial charge on any atom is 0.359 e. The monoisotopic (exact) mass is 285 g/mol. The molecule has 0 bridgehead atoms. The Morgan fingerprint density at radius 3 is 2.00 bits per heavy atom. The van der Waals surface area contributed by atoms with Gasteiger partial charge >= 0.3 is 12.0 Å². The van der Waals surface area contributed by atoms with Crippen molar-refractivity contribution < 1.29 is 19.2 Å². The predicted molar refractivity (Wildman–Crippen MR) is 74.5 cm³/mol. The van der Waals surface area contributed by atoms with Crippen LogP contribution in [-0.2, 0) is 4.79 Å². The van der Waals surface area contributed by atoms with Crippen LogP contribution in [0.3, 0.4) is 0 Å². The highest BCUT2D eigenvalue weighted by Crippen LogP contribution is 2.13. The first-order chi connectivity index (χ1) is 9.39. The van der Waals surface area contributed by atoms with E-state index in [9.17, 15) is 9.59 Å². The lowest BCUT2D eigenvalue weighted by molar-refractivity contribution is -0.906. The molecule has 7 nitrogen and oxygen atoms in total. The van der Waals surface area contributed by atoms with Gasteiger partial charge in [0.05, 0.1) is 33.2 Å². The highest BCUT2D eigenvalue weighted by molar-refractivity contribution is 5.74. The first-order valence-electron chi connectivity index (χ1n) is 7.17. The molecule has 0 atom stereocenters. The molecule has 0 spiro atoms. The third kappa shape index (κ3) is 3.61. The second kappa shape index (κ2) is 5.97. The summed E-state index contributed by atoms with van der Waals surface area (Å²) in [6, 6.07) is 0.111. The number of likely N-dealkylation sites (N-methyl/N-ethyl adjacent to an activating group) is 2. The third-order valence-corrected chi connectivity index (χ3v) is 4.38. The largest absolute Gasteiger partial charge is 0.477 e. The van der Waals surface area contributed by atoms with E-state index in [1.165, 1.54) is 0 Å². The Balaban J connectivity index is 1.84. The molecule has 0 aromatic heterocycles. The van der Waals surface area contributed by atoms with E-state index in [2.05, 4.69) is 11.9 Å². The Kier molecular flexibility index (Phi) is 4.49. The van der Waals surface area contributed by atoms with Crippen LogP contribution in [0.25, 0.3) is 0 Å². The number of amides is 2. The van der Waals surface area contributed by atoms with E-state index in [4.69, 9.17) is 5.11 Å². The number of hydrogen-bond donors (Lipinski definition) is 1. The molecule has 7 heteroatoms. The lowest BCUT2D eigenvalue weighted by Crippen LogP contribution is -2.62. The van der Waals surface area contributed by atoms with Crippen molar-refractivity contribution in [2.24, 2.45) is 0 Å². The minimum Gasteiger partial charge on any atom is -0.477 e. The number of hydrogen-bond acceptors (Lipinski definition) is 3. The third-order valence-electron chi connectivity index (χ3n) is 4.38. The van der Waals surface area contributed by atoms with Gasteiger partial charge in [-0.15, -0.1) is 0 Å². The van der Waals surface area contributed by atoms with Crippen LogP contribution < -0.4 is 0 Å². The first-order valence-corrected chi connectivity index (χ1v) is 7.17. The summed E-state index contributed by atoms with van der Waals surface area (Å²) in [5, 5.41) is 8.93. The number of piperazine rings is 2. The van der Waals surface area contributed by atoms with Crippen LogP contribution in [0.1, 0.15) is 0 Å². The number of carboxylic acid groups (broad SMARTS) is 1. The molecule has 20 heavy (non-hydrogen) atoms. The molecule has 2 aliphatic heterocycles. The molecule has 0 aromatic rings. The molecule has 0 unspecified atom stereocenters. The number of quaternary nitrogens is 1. The predicted octanol–water partition coefficient (Wildman–Crippen LogP) is -0.799. The highest BCUT2D eigenvalue weighted by atomic mass is 16.4. The molecular formula is C13H25N4O3+. The molecular weight excluding hydrogens is 260 g/mol. The lowest BCUT2D eigenvalue weighted by Gasteiger charge is -2.43. The fraction of sp³-hybridized carbons (Fsp3) is 0.846. The Labute approximate surface area is 119 Å². The van der Waals surface area contributed by atoms with Crippen LogP contribution in [0.15, 0.2) is 0 Å². The van der Waals surface area contributed by atoms with Gasteiger partial charge < -0.3 is 24.3 Å². The molecule has 0 aromatic carbocycles. The van der Waals surface area contributed by atoms with Gasteiger partial charge in [-0.3, -0.25) is 0 Å². The van der Waals surface area contributed by atoms with E-state index in [1.807, 2.05) is 16.8 Å². The Hall–Kier alpha value is -1.34. The Bertz CT molecular complexity index is 372. The van der Waals surface area contributed by atoms with Crippen LogP contribution in [0.5, 0.6) is 0 Å². The quantitative estimate of drug-likeness (QED) is 0.675. The van der Waals surface area contributed by atoms with Gasteiger partial charge in [-0.1, -0.05) is 0 Å². The summed E-state index contributed by atoms with van der Waals surface area (Å²) < 4.78 is 0.516. The number of aliphatic carboxylic acids is 1. The summed E-state index contributed by atoms with van der Waals surface area (Å²) in [5.74, 6) is -0.772. The molecule has 2 rings (SSSR count). The second-order valence-electron chi connectivity index (χ2n) is 6.18. The van der Waals surface area contributed by atoms with E-state index in [-0.39, 0.29) is 12.6 Å². The molecule has 0 radical (unpaired) electrons. The summed E-state index contributed by atoms with van der Waals surface area (Å²) in [7, 11) is 4.02. The summed E-state index contributed by atoms with van der Waals surface area (Å²) in [6.07, 6.45) is 0. The van der Waals surface area contributed by atoms with Crippen LogP contribution >= 0.6 is 0 Å². The van der Waals surface area contributed by atoms with Crippen molar-refractivity contribution in [1.82, 2.24) is 14.7 Å². The zero-order valence-electron chi connectivity index (χ0n) is 12.4. The standard InChI is InChI=1S/C13H24N4O3/c1-14-3-5-15(6-4-14)13(20)16-7-9-17(2,10-8-16)11-12(18)19/h3-11H2,1-2H3/p+1. The molecule has 2 aliphatic rings. The molecule has 2 fully saturated rings. The molecule has 1 N–H and O–H groups in total. The number of rotatable bonds is 2. The number of carbonyl (C=O) groups is 2. The van der Waals surface area contributed by atoms with Crippen LogP contribution in [0, 0.1) is 0 Å². The van der Waals surface area contributed by atoms with Gasteiger partial charge in [-0.05, 0) is 7.05 Å². The van der Waals surface area contributed by atoms with Crippen LogP contribution in [0.2, 0.25) is 0 Å². The van der Waals surface area contributed by atoms with Crippen molar-refractivity contribution >= 4 is 12.0 Å². The molecule has 0 saturated carbocycles. The van der Waals surface area contributed by atoms with Gasteiger partial charge in [0.1, 0.15) is 0 Å². The van der Waals surface area contributed by atoms with Crippen molar-refractivity contribution in [3.63, 3.8) is 0 Å². The summed E-state index contributed by atoms with van der Waals surface area (Å²) in [4.78, 5) is 29.3. The minimum atomic E-state index is -0.772. The van der Waals surface area contributed by atoms with Crippen molar-refractivity contribution in [2.45, 2.75) is 0 Å². The summed E-state index contributed by atoms with van der Waals surface area (Å²) in [5.41, 5.74) is 0. The van der Waals surface area contributed by atoms with Gasteiger partial charge in [0, 0.05) is 26.2 Å². The Morgan fingerprint density at radius 2 is 1.50 bits per heavy atom. The average molecular weight is 285 g/mol. The fourth-order valence-electron chi connectivity index (χ4n) is 2.82. The number of nitrogens with zero attached hydrogens (tertiary/aromatic N) is 4. The first kappa shape index (κ1) is 15.1. The van der Waals surface area contributed by atoms with Gasteiger partial charge in [0.15, 0.2) is 6.54 Å². The molecule has 2 saturated heterocycles. The van der Waals surface area contributed by atoms with E-state index < -0.39 is 5.97 Å². The van der Waals surface area contributed by atoms with Gasteiger partial charge in [-0.25, -0.2) is 9.59 Å². The minimum absolute atomic E-state index is 0.111. The van der Waals surface area contributed by atoms with Crippen LogP contribution in [-0.4, -0.2) is 109 Å². The molecule has 2 amide bonds. The van der Waals surface area contributed by atoms with Crippen molar-refractivity contribution in [1.29, 1.82) is 0 Å². The lowest BCUT2D eigenvalue weighted by atomic mass is 10.2. The van der Waals surface area contributed by atoms with Gasteiger partial charge in [0.2, 0.25) is 0 Å². The summed E-state index contributed by atoms with van der Waals surface area (Å²) >= 11 is 0. The summed E-state index contributed by atoms with van der Waals surface area (Å²) in [6.45, 7) is 6.27. The zero-order valence-corrected chi connectivity index (χ0v) is 12.4. The second-order valence-corrected chi connectivity index (χ2v) is 6.18. The van der Waals surface area contributed by atoms with Crippen molar-refractivity contribution in [3.8, 4) is 0 Å². The number of urea groups is 1. The maximum atomic E-state index is 12.4. The van der Waals surface area contributed by atoms with Gasteiger partial charge in [0.25, 0.3) is 0 Å². The van der Waals surface area contributed by atoms with E-state index in [0.29, 0.717) is 30.7 Å². The van der Waals surface area contributed by atoms with Crippen LogP contribution in [0.4, 0.5) is 4.79 Å². The van der Waals surface area contributed by atoms with Crippen molar-refractivity contribution in [2.75, 3.05) is 73.0 Å².